The molecule has 1 atom stereocenters. The molecular formula is C16H17FN2O2. The lowest BCUT2D eigenvalue weighted by Gasteiger charge is -2.14. The molecule has 2 aromatic rings. The molecule has 0 aliphatic heterocycles. The molecule has 0 aliphatic carbocycles. The van der Waals surface area contributed by atoms with Crippen molar-refractivity contribution in [2.45, 2.75) is 19.5 Å². The first-order valence-corrected chi connectivity index (χ1v) is 6.62. The van der Waals surface area contributed by atoms with Gasteiger partial charge in [0.2, 0.25) is 0 Å². The third-order valence-electron chi connectivity index (χ3n) is 3.18. The molecular weight excluding hydrogens is 271 g/mol. The molecule has 0 saturated heterocycles. The lowest BCUT2D eigenvalue weighted by atomic mass is 10.1. The Morgan fingerprint density at radius 2 is 2.19 bits per heavy atom. The number of rotatable bonds is 5. The maximum absolute atomic E-state index is 13.2. The van der Waals surface area contributed by atoms with Gasteiger partial charge < -0.3 is 10.1 Å². The third kappa shape index (κ3) is 4.10. The van der Waals surface area contributed by atoms with Gasteiger partial charge in [0, 0.05) is 18.8 Å². The highest BCUT2D eigenvalue weighted by Crippen LogP contribution is 2.14. The number of nitrogens with zero attached hydrogens (tertiary/aromatic N) is 1. The SMILES string of the molecule is COC(=O)c1ccc(CNC(C)c2cccc(F)c2)nc1. The number of carbonyl (C=O) groups is 1. The largest absolute Gasteiger partial charge is 0.465 e. The van der Waals surface area contributed by atoms with Gasteiger partial charge in [0.15, 0.2) is 0 Å². The van der Waals surface area contributed by atoms with E-state index in [0.717, 1.165) is 11.3 Å². The molecule has 0 amide bonds. The molecule has 0 aliphatic rings. The number of hydrogen-bond acceptors (Lipinski definition) is 4. The average Bonchev–Trinajstić information content (AvgIpc) is 2.52. The van der Waals surface area contributed by atoms with E-state index in [4.69, 9.17) is 0 Å². The summed E-state index contributed by atoms with van der Waals surface area (Å²) >= 11 is 0. The van der Waals surface area contributed by atoms with Gasteiger partial charge >= 0.3 is 5.97 Å². The number of methoxy groups -OCH3 is 1. The Kier molecular flexibility index (Phi) is 5.00. The van der Waals surface area contributed by atoms with Gasteiger partial charge in [-0.25, -0.2) is 9.18 Å². The molecule has 0 radical (unpaired) electrons. The van der Waals surface area contributed by atoms with Crippen LogP contribution in [-0.2, 0) is 11.3 Å². The monoisotopic (exact) mass is 288 g/mol. The van der Waals surface area contributed by atoms with Gasteiger partial charge in [-0.3, -0.25) is 4.98 Å². The van der Waals surface area contributed by atoms with Crippen molar-refractivity contribution in [3.8, 4) is 0 Å². The highest BCUT2D eigenvalue weighted by atomic mass is 19.1. The standard InChI is InChI=1S/C16H17FN2O2/c1-11(12-4-3-5-14(17)8-12)18-10-15-7-6-13(9-19-15)16(20)21-2/h3-9,11,18H,10H2,1-2H3. The van der Waals surface area contributed by atoms with Gasteiger partial charge in [0.25, 0.3) is 0 Å². The minimum Gasteiger partial charge on any atom is -0.465 e. The van der Waals surface area contributed by atoms with E-state index in [1.165, 1.54) is 25.4 Å². The van der Waals surface area contributed by atoms with E-state index < -0.39 is 5.97 Å². The molecule has 0 saturated carbocycles. The van der Waals surface area contributed by atoms with Gasteiger partial charge in [-0.15, -0.1) is 0 Å². The number of carbonyl (C=O) groups excluding carboxylic acids is 1. The fraction of sp³-hybridized carbons (Fsp3) is 0.250. The second-order valence-corrected chi connectivity index (χ2v) is 4.69. The molecule has 110 valence electrons. The zero-order valence-corrected chi connectivity index (χ0v) is 12.0. The smallest absolute Gasteiger partial charge is 0.339 e. The first kappa shape index (κ1) is 15.1. The number of aromatic nitrogens is 1. The molecule has 1 heterocycles. The van der Waals surface area contributed by atoms with Gasteiger partial charge in [-0.05, 0) is 36.8 Å². The molecule has 5 heteroatoms. The van der Waals surface area contributed by atoms with Crippen LogP contribution in [0.25, 0.3) is 0 Å². The summed E-state index contributed by atoms with van der Waals surface area (Å²) in [5, 5.41) is 3.26. The van der Waals surface area contributed by atoms with Crippen LogP contribution < -0.4 is 5.32 Å². The van der Waals surface area contributed by atoms with Crippen molar-refractivity contribution in [3.05, 3.63) is 65.2 Å². The van der Waals surface area contributed by atoms with Crippen LogP contribution >= 0.6 is 0 Å². The summed E-state index contributed by atoms with van der Waals surface area (Å²) in [4.78, 5) is 15.5. The van der Waals surface area contributed by atoms with Crippen molar-refractivity contribution in [2.24, 2.45) is 0 Å². The summed E-state index contributed by atoms with van der Waals surface area (Å²) in [5.74, 6) is -0.656. The Morgan fingerprint density at radius 3 is 2.81 bits per heavy atom. The van der Waals surface area contributed by atoms with E-state index in [1.807, 2.05) is 13.0 Å². The molecule has 1 N–H and O–H groups in total. The van der Waals surface area contributed by atoms with Crippen LogP contribution in [0.1, 0.15) is 34.6 Å². The summed E-state index contributed by atoms with van der Waals surface area (Å²) in [6.07, 6.45) is 1.48. The number of ether oxygens (including phenoxy) is 1. The van der Waals surface area contributed by atoms with Crippen molar-refractivity contribution in [1.82, 2.24) is 10.3 Å². The molecule has 0 fully saturated rings. The van der Waals surface area contributed by atoms with E-state index in [1.54, 1.807) is 18.2 Å². The van der Waals surface area contributed by atoms with E-state index >= 15 is 0 Å². The fourth-order valence-corrected chi connectivity index (χ4v) is 1.92. The van der Waals surface area contributed by atoms with Crippen molar-refractivity contribution < 1.29 is 13.9 Å². The fourth-order valence-electron chi connectivity index (χ4n) is 1.92. The Morgan fingerprint density at radius 1 is 1.38 bits per heavy atom. The molecule has 2 rings (SSSR count). The number of halogens is 1. The number of hydrogen-bond donors (Lipinski definition) is 1. The van der Waals surface area contributed by atoms with Crippen LogP contribution in [0, 0.1) is 5.82 Å². The first-order chi connectivity index (χ1) is 10.1. The van der Waals surface area contributed by atoms with Crippen LogP contribution in [-0.4, -0.2) is 18.1 Å². The normalized spacial score (nSPS) is 12.0. The quantitative estimate of drug-likeness (QED) is 0.860. The molecule has 21 heavy (non-hydrogen) atoms. The molecule has 0 bridgehead atoms. The van der Waals surface area contributed by atoms with E-state index in [0.29, 0.717) is 12.1 Å². The van der Waals surface area contributed by atoms with Gasteiger partial charge in [0.05, 0.1) is 18.4 Å². The molecule has 1 unspecified atom stereocenters. The van der Waals surface area contributed by atoms with Crippen LogP contribution in [0.4, 0.5) is 4.39 Å². The summed E-state index contributed by atoms with van der Waals surface area (Å²) in [5.41, 5.74) is 2.09. The van der Waals surface area contributed by atoms with Crippen molar-refractivity contribution >= 4 is 5.97 Å². The topological polar surface area (TPSA) is 51.2 Å². The number of pyridine rings is 1. The highest BCUT2D eigenvalue weighted by Gasteiger charge is 2.08. The Hall–Kier alpha value is -2.27. The van der Waals surface area contributed by atoms with Gasteiger partial charge in [-0.2, -0.15) is 0 Å². The second kappa shape index (κ2) is 6.95. The van der Waals surface area contributed by atoms with Crippen LogP contribution in [0.2, 0.25) is 0 Å². The minimum atomic E-state index is -0.407. The maximum atomic E-state index is 13.2. The van der Waals surface area contributed by atoms with Crippen molar-refractivity contribution in [2.75, 3.05) is 7.11 Å². The zero-order valence-electron chi connectivity index (χ0n) is 12.0. The Labute approximate surface area is 123 Å². The van der Waals surface area contributed by atoms with Crippen molar-refractivity contribution in [1.29, 1.82) is 0 Å². The summed E-state index contributed by atoms with van der Waals surface area (Å²) in [7, 11) is 1.33. The predicted molar refractivity (Wildman–Crippen MR) is 77.2 cm³/mol. The highest BCUT2D eigenvalue weighted by molar-refractivity contribution is 5.88. The lowest BCUT2D eigenvalue weighted by molar-refractivity contribution is 0.0600. The Bertz CT molecular complexity index is 614. The lowest BCUT2D eigenvalue weighted by Crippen LogP contribution is -2.19. The molecule has 1 aromatic heterocycles. The van der Waals surface area contributed by atoms with E-state index in [2.05, 4.69) is 15.0 Å². The molecule has 0 spiro atoms. The number of nitrogens with one attached hydrogen (secondary N) is 1. The third-order valence-corrected chi connectivity index (χ3v) is 3.18. The number of esters is 1. The second-order valence-electron chi connectivity index (χ2n) is 4.69. The average molecular weight is 288 g/mol. The van der Waals surface area contributed by atoms with Gasteiger partial charge in [-0.1, -0.05) is 12.1 Å². The molecule has 1 aromatic carbocycles. The van der Waals surface area contributed by atoms with E-state index in [-0.39, 0.29) is 11.9 Å². The molecule has 4 nitrogen and oxygen atoms in total. The summed E-state index contributed by atoms with van der Waals surface area (Å²) in [6.45, 7) is 2.48. The van der Waals surface area contributed by atoms with Crippen LogP contribution in [0.3, 0.4) is 0 Å². The summed E-state index contributed by atoms with van der Waals surface area (Å²) < 4.78 is 17.8. The van der Waals surface area contributed by atoms with Crippen LogP contribution in [0.15, 0.2) is 42.6 Å². The summed E-state index contributed by atoms with van der Waals surface area (Å²) in [6, 6.07) is 9.92. The minimum absolute atomic E-state index is 0.00258. The van der Waals surface area contributed by atoms with Crippen molar-refractivity contribution in [3.63, 3.8) is 0 Å². The van der Waals surface area contributed by atoms with Gasteiger partial charge in [0.1, 0.15) is 5.82 Å². The number of benzene rings is 1. The van der Waals surface area contributed by atoms with Crippen LogP contribution in [0.5, 0.6) is 0 Å². The predicted octanol–water partition coefficient (Wildman–Crippen LogP) is 2.86. The van der Waals surface area contributed by atoms with E-state index in [9.17, 15) is 9.18 Å². The first-order valence-electron chi connectivity index (χ1n) is 6.62. The Balaban J connectivity index is 1.95. The maximum Gasteiger partial charge on any atom is 0.339 e. The zero-order chi connectivity index (χ0) is 15.2.